The summed E-state index contributed by atoms with van der Waals surface area (Å²) >= 11 is 1.53. The Morgan fingerprint density at radius 3 is 1.86 bits per heavy atom. The van der Waals surface area contributed by atoms with Crippen molar-refractivity contribution in [1.29, 1.82) is 0 Å². The highest BCUT2D eigenvalue weighted by molar-refractivity contribution is 7.26. The van der Waals surface area contributed by atoms with Crippen molar-refractivity contribution in [1.82, 2.24) is 15.0 Å². The maximum absolute atomic E-state index is 8.95. The Balaban J connectivity index is 1.27. The quantitative estimate of drug-likeness (QED) is 0.171. The summed E-state index contributed by atoms with van der Waals surface area (Å²) in [6.45, 7) is 0. The van der Waals surface area contributed by atoms with Gasteiger partial charge in [0.15, 0.2) is 17.5 Å². The summed E-state index contributed by atoms with van der Waals surface area (Å²) < 4.78 is 44.9. The third-order valence-electron chi connectivity index (χ3n) is 9.39. The van der Waals surface area contributed by atoms with Gasteiger partial charge in [-0.05, 0) is 62.5 Å². The summed E-state index contributed by atoms with van der Waals surface area (Å²) in [6.07, 6.45) is 0. The first kappa shape index (κ1) is 24.6. The molecular formula is C47H29N3S. The Kier molecular flexibility index (Phi) is 5.85. The van der Waals surface area contributed by atoms with Crippen molar-refractivity contribution in [2.24, 2.45) is 0 Å². The molecule has 0 aliphatic heterocycles. The van der Waals surface area contributed by atoms with Crippen LogP contribution in [0.4, 0.5) is 0 Å². The summed E-state index contributed by atoms with van der Waals surface area (Å²) in [5.41, 5.74) is 5.09. The molecular weight excluding hydrogens is 639 g/mol. The Bertz CT molecular complexity index is 3170. The second-order valence-electron chi connectivity index (χ2n) is 12.4. The highest BCUT2D eigenvalue weighted by atomic mass is 32.1. The first-order chi connectivity index (χ1) is 27.3. The van der Waals surface area contributed by atoms with Gasteiger partial charge in [0, 0.05) is 42.4 Å². The van der Waals surface area contributed by atoms with Crippen LogP contribution in [0.25, 0.3) is 98.1 Å². The van der Waals surface area contributed by atoms with Crippen LogP contribution < -0.4 is 0 Å². The maximum atomic E-state index is 8.95. The van der Waals surface area contributed by atoms with E-state index in [4.69, 9.17) is 21.8 Å². The molecule has 0 N–H and O–H groups in total. The van der Waals surface area contributed by atoms with Crippen molar-refractivity contribution in [3.63, 3.8) is 0 Å². The van der Waals surface area contributed by atoms with E-state index in [-0.39, 0.29) is 29.7 Å². The zero-order chi connectivity index (χ0) is 38.1. The molecule has 0 atom stereocenters. The van der Waals surface area contributed by atoms with E-state index in [0.717, 1.165) is 69.5 Å². The minimum absolute atomic E-state index is 0.171. The Morgan fingerprint density at radius 1 is 0.412 bits per heavy atom. The second kappa shape index (κ2) is 12.1. The monoisotopic (exact) mass is 672 g/mol. The Morgan fingerprint density at radius 2 is 1.06 bits per heavy atom. The number of fused-ring (bicyclic) bond motifs is 6. The van der Waals surface area contributed by atoms with Crippen molar-refractivity contribution in [2.45, 2.75) is 0 Å². The number of hydrogen-bond donors (Lipinski definition) is 0. The fourth-order valence-corrected chi connectivity index (χ4v) is 8.20. The van der Waals surface area contributed by atoms with E-state index in [2.05, 4.69) is 54.6 Å². The zero-order valence-electron chi connectivity index (χ0n) is 32.1. The van der Waals surface area contributed by atoms with Crippen LogP contribution in [0.1, 0.15) is 6.85 Å². The summed E-state index contributed by atoms with van der Waals surface area (Å²) in [4.78, 5) is 15.4. The molecule has 0 amide bonds. The van der Waals surface area contributed by atoms with E-state index >= 15 is 0 Å². The molecule has 0 saturated carbocycles. The zero-order valence-corrected chi connectivity index (χ0v) is 27.9. The van der Waals surface area contributed by atoms with E-state index < -0.39 is 6.04 Å². The van der Waals surface area contributed by atoms with Gasteiger partial charge < -0.3 is 0 Å². The Labute approximate surface area is 306 Å². The number of thiophene rings is 1. The van der Waals surface area contributed by atoms with Crippen LogP contribution in [0.3, 0.4) is 0 Å². The third-order valence-corrected chi connectivity index (χ3v) is 10.6. The average molecular weight is 673 g/mol. The van der Waals surface area contributed by atoms with Crippen molar-refractivity contribution in [3.8, 4) is 56.4 Å². The predicted octanol–water partition coefficient (Wildman–Crippen LogP) is 12.9. The van der Waals surface area contributed by atoms with Crippen molar-refractivity contribution in [2.75, 3.05) is 0 Å². The lowest BCUT2D eigenvalue weighted by Gasteiger charge is -2.11. The first-order valence-electron chi connectivity index (χ1n) is 19.2. The average Bonchev–Trinajstić information content (AvgIpc) is 3.64. The molecule has 0 unspecified atom stereocenters. The lowest BCUT2D eigenvalue weighted by atomic mass is 9.95. The summed E-state index contributed by atoms with van der Waals surface area (Å²) in [7, 11) is 0. The molecule has 0 spiro atoms. The molecule has 10 rings (SSSR count). The molecule has 0 radical (unpaired) electrons. The van der Waals surface area contributed by atoms with Gasteiger partial charge in [-0.2, -0.15) is 0 Å². The molecule has 51 heavy (non-hydrogen) atoms. The van der Waals surface area contributed by atoms with Crippen LogP contribution in [0.15, 0.2) is 176 Å². The van der Waals surface area contributed by atoms with E-state index in [1.807, 2.05) is 91.0 Å². The van der Waals surface area contributed by atoms with E-state index in [1.165, 1.54) is 11.3 Å². The van der Waals surface area contributed by atoms with Crippen LogP contribution in [0.2, 0.25) is 0 Å². The number of rotatable bonds is 5. The minimum atomic E-state index is -0.419. The molecule has 4 heteroatoms. The molecule has 0 saturated heterocycles. The van der Waals surface area contributed by atoms with Crippen molar-refractivity contribution < 1.29 is 6.85 Å². The SMILES string of the molecule is [2H]c1c([2H])c([2H])c(-c2cc(-c3ccccc3)cc3c2sc2cccc(-c4nc(-c5ccccc5)nc(-c5ccc6ccc7ccccc7c6c5)n4)c23)c([2H])c1[2H]. The Hall–Kier alpha value is -6.49. The number of hydrogen-bond acceptors (Lipinski definition) is 4. The third kappa shape index (κ3) is 5.16. The summed E-state index contributed by atoms with van der Waals surface area (Å²) in [5, 5.41) is 6.35. The van der Waals surface area contributed by atoms with Gasteiger partial charge in [0.1, 0.15) is 0 Å². The maximum Gasteiger partial charge on any atom is 0.164 e. The summed E-state index contributed by atoms with van der Waals surface area (Å²) in [6, 6.07) is 47.3. The highest BCUT2D eigenvalue weighted by Gasteiger charge is 2.20. The number of aromatic nitrogens is 3. The standard InChI is InChI=1S/C47H29N3S/c1-4-13-30(14-5-1)36-28-40(31-15-6-2-7-16-31)44-41(29-36)43-38(21-12-22-42(43)51-44)47-49-45(34-18-8-3-9-19-34)48-46(50-47)35-26-25-33-24-23-32-17-10-11-20-37(32)39(33)27-35/h1-29H/i2D,6D,7D,15D,16D. The number of nitrogens with zero attached hydrogens (tertiary/aromatic N) is 3. The summed E-state index contributed by atoms with van der Waals surface area (Å²) in [5.74, 6) is 1.60. The van der Waals surface area contributed by atoms with Crippen LogP contribution in [-0.4, -0.2) is 15.0 Å². The second-order valence-corrected chi connectivity index (χ2v) is 13.5. The van der Waals surface area contributed by atoms with Gasteiger partial charge in [-0.3, -0.25) is 0 Å². The van der Waals surface area contributed by atoms with E-state index in [0.29, 0.717) is 23.0 Å². The van der Waals surface area contributed by atoms with Gasteiger partial charge in [-0.25, -0.2) is 15.0 Å². The van der Waals surface area contributed by atoms with Gasteiger partial charge in [-0.15, -0.1) is 11.3 Å². The van der Waals surface area contributed by atoms with E-state index in [9.17, 15) is 0 Å². The highest BCUT2D eigenvalue weighted by Crippen LogP contribution is 2.45. The molecule has 0 bridgehead atoms. The molecule has 8 aromatic carbocycles. The predicted molar refractivity (Wildman–Crippen MR) is 215 cm³/mol. The molecule has 2 heterocycles. The van der Waals surface area contributed by atoms with Gasteiger partial charge >= 0.3 is 0 Å². The first-order valence-corrected chi connectivity index (χ1v) is 17.5. The topological polar surface area (TPSA) is 38.7 Å². The molecule has 10 aromatic rings. The molecule has 0 aliphatic rings. The molecule has 0 aliphatic carbocycles. The number of benzene rings is 8. The lowest BCUT2D eigenvalue weighted by Crippen LogP contribution is -2.00. The molecule has 2 aromatic heterocycles. The fourth-order valence-electron chi connectivity index (χ4n) is 6.97. The van der Waals surface area contributed by atoms with Crippen LogP contribution >= 0.6 is 11.3 Å². The van der Waals surface area contributed by atoms with Gasteiger partial charge in [-0.1, -0.05) is 152 Å². The minimum Gasteiger partial charge on any atom is -0.208 e. The van der Waals surface area contributed by atoms with E-state index in [1.54, 1.807) is 0 Å². The smallest absolute Gasteiger partial charge is 0.164 e. The normalized spacial score (nSPS) is 12.9. The van der Waals surface area contributed by atoms with Gasteiger partial charge in [0.05, 0.1) is 6.85 Å². The largest absolute Gasteiger partial charge is 0.208 e. The molecule has 3 nitrogen and oxygen atoms in total. The van der Waals surface area contributed by atoms with Crippen molar-refractivity contribution in [3.05, 3.63) is 176 Å². The van der Waals surface area contributed by atoms with Crippen LogP contribution in [0, 0.1) is 0 Å². The molecule has 0 fully saturated rings. The van der Waals surface area contributed by atoms with Crippen LogP contribution in [-0.2, 0) is 0 Å². The fraction of sp³-hybridized carbons (Fsp3) is 0. The lowest BCUT2D eigenvalue weighted by molar-refractivity contribution is 1.08. The van der Waals surface area contributed by atoms with Crippen LogP contribution in [0.5, 0.6) is 0 Å². The van der Waals surface area contributed by atoms with Crippen molar-refractivity contribution >= 4 is 53.1 Å². The van der Waals surface area contributed by atoms with Gasteiger partial charge in [0.2, 0.25) is 0 Å². The molecule has 238 valence electrons. The van der Waals surface area contributed by atoms with Gasteiger partial charge in [0.25, 0.3) is 0 Å².